The molecule has 0 aromatic heterocycles. The number of hydrogen-bond donors (Lipinski definition) is 0. The molecule has 0 bridgehead atoms. The second-order valence-electron chi connectivity index (χ2n) is 6.48. The average Bonchev–Trinajstić information content (AvgIpc) is 2.59. The fourth-order valence-corrected chi connectivity index (χ4v) is 2.61. The molecule has 0 unspecified atom stereocenters. The molecule has 0 fully saturated rings. The van der Waals surface area contributed by atoms with Gasteiger partial charge in [0.15, 0.2) is 6.29 Å². The van der Waals surface area contributed by atoms with Gasteiger partial charge in [0.1, 0.15) is 0 Å². The van der Waals surface area contributed by atoms with Crippen molar-refractivity contribution in [2.24, 2.45) is 0 Å². The van der Waals surface area contributed by atoms with E-state index in [4.69, 9.17) is 14.4 Å². The highest BCUT2D eigenvalue weighted by molar-refractivity contribution is 4.51. The summed E-state index contributed by atoms with van der Waals surface area (Å²) in [5.74, 6) is 0. The maximum atomic E-state index is 5.97. The molecule has 0 aliphatic heterocycles. The summed E-state index contributed by atoms with van der Waals surface area (Å²) >= 11 is 0. The van der Waals surface area contributed by atoms with Crippen molar-refractivity contribution in [2.75, 3.05) is 26.9 Å². The summed E-state index contributed by atoms with van der Waals surface area (Å²) in [6.07, 6.45) is 15.5. The summed E-state index contributed by atoms with van der Waals surface area (Å²) in [5.41, 5.74) is 0. The predicted octanol–water partition coefficient (Wildman–Crippen LogP) is 6.03. The molecule has 24 heavy (non-hydrogen) atoms. The van der Waals surface area contributed by atoms with E-state index in [2.05, 4.69) is 18.7 Å². The lowest BCUT2D eigenvalue weighted by Crippen LogP contribution is -2.19. The van der Waals surface area contributed by atoms with Crippen molar-refractivity contribution < 1.29 is 19.2 Å². The highest BCUT2D eigenvalue weighted by Crippen LogP contribution is 2.12. The summed E-state index contributed by atoms with van der Waals surface area (Å²) in [7, 11) is 1.56. The monoisotopic (exact) mass is 346 g/mol. The van der Waals surface area contributed by atoms with E-state index in [1.165, 1.54) is 51.4 Å². The summed E-state index contributed by atoms with van der Waals surface area (Å²) < 4.78 is 11.9. The molecule has 0 rings (SSSR count). The quantitative estimate of drug-likeness (QED) is 0.117. The van der Waals surface area contributed by atoms with Gasteiger partial charge >= 0.3 is 0 Å². The Morgan fingerprint density at radius 2 is 1.08 bits per heavy atom. The lowest BCUT2D eigenvalue weighted by atomic mass is 10.1. The predicted molar refractivity (Wildman–Crippen MR) is 100 cm³/mol. The van der Waals surface area contributed by atoms with Gasteiger partial charge < -0.3 is 9.47 Å². The van der Waals surface area contributed by atoms with Crippen LogP contribution in [0, 0.1) is 0 Å². The van der Waals surface area contributed by atoms with Gasteiger partial charge in [-0.15, -0.1) is 0 Å². The molecule has 0 aromatic carbocycles. The van der Waals surface area contributed by atoms with E-state index in [0.29, 0.717) is 6.61 Å². The smallest absolute Gasteiger partial charge is 0.157 e. The second kappa shape index (κ2) is 20.9. The van der Waals surface area contributed by atoms with Crippen LogP contribution < -0.4 is 0 Å². The van der Waals surface area contributed by atoms with Gasteiger partial charge in [-0.3, -0.25) is 0 Å². The Bertz CT molecular complexity index is 210. The van der Waals surface area contributed by atoms with Gasteiger partial charge in [-0.2, -0.15) is 0 Å². The molecule has 146 valence electrons. The molecule has 0 saturated heterocycles. The number of ether oxygens (including phenoxy) is 2. The molecule has 0 saturated carbocycles. The topological polar surface area (TPSA) is 36.9 Å². The van der Waals surface area contributed by atoms with Gasteiger partial charge in [-0.25, -0.2) is 9.78 Å². The molecule has 0 aliphatic rings. The second-order valence-corrected chi connectivity index (χ2v) is 6.48. The number of rotatable bonds is 20. The number of hydrogen-bond acceptors (Lipinski definition) is 4. The first-order valence-corrected chi connectivity index (χ1v) is 10.2. The SMILES string of the molecule is CCCCCCOC(CCCCCCOOC)OCCCCCC. The van der Waals surface area contributed by atoms with Crippen LogP contribution in [0.4, 0.5) is 0 Å². The first-order chi connectivity index (χ1) is 11.8. The Balaban J connectivity index is 3.72. The van der Waals surface area contributed by atoms with E-state index < -0.39 is 0 Å². The zero-order valence-electron chi connectivity index (χ0n) is 16.5. The zero-order chi connectivity index (χ0) is 17.7. The van der Waals surface area contributed by atoms with Crippen molar-refractivity contribution in [3.05, 3.63) is 0 Å². The van der Waals surface area contributed by atoms with Crippen molar-refractivity contribution in [1.82, 2.24) is 0 Å². The molecule has 0 aliphatic carbocycles. The third-order valence-electron chi connectivity index (χ3n) is 4.14. The molecular weight excluding hydrogens is 304 g/mol. The van der Waals surface area contributed by atoms with Crippen molar-refractivity contribution >= 4 is 0 Å². The maximum Gasteiger partial charge on any atom is 0.157 e. The molecule has 4 heteroatoms. The maximum absolute atomic E-state index is 5.97. The minimum atomic E-state index is -0.0107. The van der Waals surface area contributed by atoms with Crippen LogP contribution in [-0.2, 0) is 19.2 Å². The number of unbranched alkanes of at least 4 members (excludes halogenated alkanes) is 9. The fourth-order valence-electron chi connectivity index (χ4n) is 2.61. The lowest BCUT2D eigenvalue weighted by molar-refractivity contribution is -0.272. The van der Waals surface area contributed by atoms with Crippen LogP contribution in [0.5, 0.6) is 0 Å². The summed E-state index contributed by atoms with van der Waals surface area (Å²) in [6.45, 7) is 6.83. The molecule has 0 spiro atoms. The van der Waals surface area contributed by atoms with Crippen molar-refractivity contribution in [1.29, 1.82) is 0 Å². The highest BCUT2D eigenvalue weighted by atomic mass is 17.2. The third kappa shape index (κ3) is 18.2. The molecular formula is C20H42O4. The fraction of sp³-hybridized carbons (Fsp3) is 1.00. The summed E-state index contributed by atoms with van der Waals surface area (Å²) in [6, 6.07) is 0. The van der Waals surface area contributed by atoms with E-state index >= 15 is 0 Å². The highest BCUT2D eigenvalue weighted by Gasteiger charge is 2.09. The van der Waals surface area contributed by atoms with E-state index in [1.807, 2.05) is 0 Å². The first kappa shape index (κ1) is 23.8. The lowest BCUT2D eigenvalue weighted by Gasteiger charge is -2.19. The van der Waals surface area contributed by atoms with Gasteiger partial charge in [0.2, 0.25) is 0 Å². The molecule has 0 radical (unpaired) electrons. The molecule has 0 N–H and O–H groups in total. The molecule has 0 atom stereocenters. The van der Waals surface area contributed by atoms with E-state index in [1.54, 1.807) is 7.11 Å². The van der Waals surface area contributed by atoms with Crippen molar-refractivity contribution in [3.8, 4) is 0 Å². The van der Waals surface area contributed by atoms with Crippen LogP contribution in [0.1, 0.15) is 97.3 Å². The first-order valence-electron chi connectivity index (χ1n) is 10.2. The van der Waals surface area contributed by atoms with Crippen LogP contribution >= 0.6 is 0 Å². The van der Waals surface area contributed by atoms with Crippen LogP contribution in [0.2, 0.25) is 0 Å². The van der Waals surface area contributed by atoms with Crippen molar-refractivity contribution in [2.45, 2.75) is 104 Å². The Kier molecular flexibility index (Phi) is 20.7. The van der Waals surface area contributed by atoms with E-state index in [0.717, 1.165) is 45.3 Å². The van der Waals surface area contributed by atoms with Gasteiger partial charge in [0.05, 0.1) is 13.7 Å². The van der Waals surface area contributed by atoms with Crippen LogP contribution in [0.3, 0.4) is 0 Å². The molecule has 4 nitrogen and oxygen atoms in total. The van der Waals surface area contributed by atoms with Gasteiger partial charge in [-0.1, -0.05) is 65.2 Å². The standard InChI is InChI=1S/C20H42O4/c1-4-6-8-13-17-22-20(23-18-14-9-7-5-2)16-12-10-11-15-19-24-21-3/h20H,4-19H2,1-3H3. The Labute approximate surface area is 150 Å². The Morgan fingerprint density at radius 3 is 1.62 bits per heavy atom. The Hall–Kier alpha value is -0.160. The molecule has 0 heterocycles. The van der Waals surface area contributed by atoms with E-state index in [-0.39, 0.29) is 6.29 Å². The van der Waals surface area contributed by atoms with Gasteiger partial charge in [0.25, 0.3) is 0 Å². The van der Waals surface area contributed by atoms with Crippen molar-refractivity contribution in [3.63, 3.8) is 0 Å². The minimum Gasteiger partial charge on any atom is -0.353 e. The zero-order valence-corrected chi connectivity index (χ0v) is 16.5. The molecule has 0 aromatic rings. The summed E-state index contributed by atoms with van der Waals surface area (Å²) in [5, 5.41) is 0. The van der Waals surface area contributed by atoms with Crippen LogP contribution in [0.15, 0.2) is 0 Å². The van der Waals surface area contributed by atoms with E-state index in [9.17, 15) is 0 Å². The Morgan fingerprint density at radius 1 is 0.583 bits per heavy atom. The van der Waals surface area contributed by atoms with Gasteiger partial charge in [-0.05, 0) is 32.1 Å². The average molecular weight is 347 g/mol. The van der Waals surface area contributed by atoms with Gasteiger partial charge in [0, 0.05) is 13.2 Å². The van der Waals surface area contributed by atoms with Crippen LogP contribution in [0.25, 0.3) is 0 Å². The van der Waals surface area contributed by atoms with Crippen LogP contribution in [-0.4, -0.2) is 33.2 Å². The molecule has 0 amide bonds. The third-order valence-corrected chi connectivity index (χ3v) is 4.14. The largest absolute Gasteiger partial charge is 0.353 e. The normalized spacial score (nSPS) is 11.5. The minimum absolute atomic E-state index is 0.0107. The summed E-state index contributed by atoms with van der Waals surface area (Å²) in [4.78, 5) is 9.47.